The average Bonchev–Trinajstić information content (AvgIpc) is 2.63. The second-order valence-electron chi connectivity index (χ2n) is 5.51. The van der Waals surface area contributed by atoms with Gasteiger partial charge in [0, 0.05) is 0 Å². The van der Waals surface area contributed by atoms with Crippen LogP contribution in [-0.2, 0) is 6.42 Å². The number of aryl methyl sites for hydroxylation is 2. The van der Waals surface area contributed by atoms with Crippen molar-refractivity contribution < 1.29 is 0 Å². The Labute approximate surface area is 102 Å². The number of rotatable bonds is 3. The minimum atomic E-state index is 0.973. The van der Waals surface area contributed by atoms with Crippen molar-refractivity contribution in [1.29, 1.82) is 0 Å². The predicted octanol–water partition coefficient (Wildman–Crippen LogP) is 3.86. The van der Waals surface area contributed by atoms with Crippen molar-refractivity contribution in [2.45, 2.75) is 46.0 Å². The van der Waals surface area contributed by atoms with Gasteiger partial charge < -0.3 is 0 Å². The van der Waals surface area contributed by atoms with E-state index in [9.17, 15) is 0 Å². The normalized spacial score (nSPS) is 24.9. The van der Waals surface area contributed by atoms with E-state index in [1.54, 1.807) is 5.56 Å². The van der Waals surface area contributed by atoms with Crippen molar-refractivity contribution >= 4 is 14.5 Å². The van der Waals surface area contributed by atoms with Crippen molar-refractivity contribution in [3.63, 3.8) is 0 Å². The standard InChI is InChI=1S/C15H23P/c1-11-3-4-13(9-11)5-6-14-7-8-15(16)10-12(14)2/h7-8,10-11,13H,3-6,9,16H2,1-2H3. The van der Waals surface area contributed by atoms with Gasteiger partial charge in [0.15, 0.2) is 0 Å². The van der Waals surface area contributed by atoms with E-state index in [1.165, 1.54) is 43.0 Å². The monoisotopic (exact) mass is 234 g/mol. The van der Waals surface area contributed by atoms with Crippen molar-refractivity contribution in [1.82, 2.24) is 0 Å². The molecule has 1 aromatic rings. The van der Waals surface area contributed by atoms with Crippen LogP contribution < -0.4 is 5.30 Å². The Morgan fingerprint density at radius 2 is 2.12 bits per heavy atom. The molecule has 1 fully saturated rings. The molecule has 0 N–H and O–H groups in total. The molecule has 0 radical (unpaired) electrons. The fourth-order valence-corrected chi connectivity index (χ4v) is 3.29. The summed E-state index contributed by atoms with van der Waals surface area (Å²) < 4.78 is 0. The lowest BCUT2D eigenvalue weighted by Crippen LogP contribution is -2.01. The first-order valence-electron chi connectivity index (χ1n) is 6.50. The molecule has 0 amide bonds. The summed E-state index contributed by atoms with van der Waals surface area (Å²) in [7, 11) is 2.77. The third-order valence-corrected chi connectivity index (χ3v) is 4.35. The van der Waals surface area contributed by atoms with E-state index < -0.39 is 0 Å². The van der Waals surface area contributed by atoms with E-state index in [2.05, 4.69) is 41.3 Å². The molecule has 0 saturated heterocycles. The third-order valence-electron chi connectivity index (χ3n) is 3.99. The smallest absolute Gasteiger partial charge is 0.0274 e. The third kappa shape index (κ3) is 3.08. The van der Waals surface area contributed by atoms with E-state index in [1.807, 2.05) is 0 Å². The summed E-state index contributed by atoms with van der Waals surface area (Å²) >= 11 is 0. The van der Waals surface area contributed by atoms with Crippen molar-refractivity contribution in [2.24, 2.45) is 11.8 Å². The highest BCUT2D eigenvalue weighted by molar-refractivity contribution is 7.27. The summed E-state index contributed by atoms with van der Waals surface area (Å²) in [5.41, 5.74) is 3.00. The van der Waals surface area contributed by atoms with Crippen LogP contribution in [-0.4, -0.2) is 0 Å². The van der Waals surface area contributed by atoms with Gasteiger partial charge in [0.2, 0.25) is 0 Å². The van der Waals surface area contributed by atoms with Crippen molar-refractivity contribution in [3.8, 4) is 0 Å². The van der Waals surface area contributed by atoms with Gasteiger partial charge >= 0.3 is 0 Å². The number of benzene rings is 1. The van der Waals surface area contributed by atoms with Crippen molar-refractivity contribution in [2.75, 3.05) is 0 Å². The van der Waals surface area contributed by atoms with E-state index in [4.69, 9.17) is 0 Å². The van der Waals surface area contributed by atoms with E-state index in [-0.39, 0.29) is 0 Å². The van der Waals surface area contributed by atoms with Gasteiger partial charge in [-0.25, -0.2) is 0 Å². The van der Waals surface area contributed by atoms with Gasteiger partial charge in [-0.1, -0.05) is 38.0 Å². The minimum absolute atomic E-state index is 0.973. The van der Waals surface area contributed by atoms with E-state index in [0.717, 1.165) is 11.8 Å². The highest BCUT2D eigenvalue weighted by atomic mass is 31.0. The summed E-state index contributed by atoms with van der Waals surface area (Å²) in [6.45, 7) is 4.63. The first-order valence-corrected chi connectivity index (χ1v) is 7.08. The zero-order chi connectivity index (χ0) is 11.5. The molecular weight excluding hydrogens is 211 g/mol. The molecule has 16 heavy (non-hydrogen) atoms. The molecule has 0 nitrogen and oxygen atoms in total. The number of hydrogen-bond acceptors (Lipinski definition) is 0. The lowest BCUT2D eigenvalue weighted by Gasteiger charge is -2.11. The Morgan fingerprint density at radius 3 is 2.75 bits per heavy atom. The lowest BCUT2D eigenvalue weighted by atomic mass is 9.95. The molecule has 0 aliphatic heterocycles. The fraction of sp³-hybridized carbons (Fsp3) is 0.600. The number of hydrogen-bond donors (Lipinski definition) is 0. The van der Waals surface area contributed by atoms with Crippen LogP contribution in [0.5, 0.6) is 0 Å². The second kappa shape index (κ2) is 5.32. The quantitative estimate of drug-likeness (QED) is 0.697. The Balaban J connectivity index is 1.89. The molecule has 1 aliphatic rings. The molecule has 1 aliphatic carbocycles. The molecule has 2 rings (SSSR count). The van der Waals surface area contributed by atoms with Crippen molar-refractivity contribution in [3.05, 3.63) is 29.3 Å². The topological polar surface area (TPSA) is 0 Å². The maximum atomic E-state index is 2.77. The van der Waals surface area contributed by atoms with Crippen LogP contribution in [0.4, 0.5) is 0 Å². The summed E-state index contributed by atoms with van der Waals surface area (Å²) in [5.74, 6) is 1.96. The fourth-order valence-electron chi connectivity index (χ4n) is 2.95. The molecule has 3 unspecified atom stereocenters. The maximum absolute atomic E-state index is 2.77. The van der Waals surface area contributed by atoms with Crippen LogP contribution in [0.3, 0.4) is 0 Å². The van der Waals surface area contributed by atoms with Gasteiger partial charge in [-0.05, 0) is 54.5 Å². The maximum Gasteiger partial charge on any atom is -0.0274 e. The Bertz CT molecular complexity index is 356. The zero-order valence-corrected chi connectivity index (χ0v) is 11.7. The first kappa shape index (κ1) is 12.1. The molecule has 0 bridgehead atoms. The van der Waals surface area contributed by atoms with Gasteiger partial charge in [0.25, 0.3) is 0 Å². The molecule has 88 valence electrons. The molecule has 1 aromatic carbocycles. The highest BCUT2D eigenvalue weighted by Crippen LogP contribution is 2.33. The Kier molecular flexibility index (Phi) is 4.03. The average molecular weight is 234 g/mol. The van der Waals surface area contributed by atoms with Crippen LogP contribution in [0, 0.1) is 18.8 Å². The minimum Gasteiger partial charge on any atom is -0.106 e. The van der Waals surface area contributed by atoms with Gasteiger partial charge in [0.1, 0.15) is 0 Å². The zero-order valence-electron chi connectivity index (χ0n) is 10.5. The summed E-state index contributed by atoms with van der Waals surface area (Å²) in [6.07, 6.45) is 7.03. The largest absolute Gasteiger partial charge is 0.106 e. The van der Waals surface area contributed by atoms with E-state index in [0.29, 0.717) is 0 Å². The van der Waals surface area contributed by atoms with Crippen LogP contribution in [0.2, 0.25) is 0 Å². The van der Waals surface area contributed by atoms with Gasteiger partial charge in [-0.2, -0.15) is 0 Å². The highest BCUT2D eigenvalue weighted by Gasteiger charge is 2.20. The SMILES string of the molecule is Cc1cc(P)ccc1CCC1CCC(C)C1. The Hall–Kier alpha value is -0.350. The summed E-state index contributed by atoms with van der Waals surface area (Å²) in [4.78, 5) is 0. The Morgan fingerprint density at radius 1 is 1.31 bits per heavy atom. The summed E-state index contributed by atoms with van der Waals surface area (Å²) in [5, 5.41) is 1.30. The molecule has 0 aromatic heterocycles. The molecule has 3 atom stereocenters. The first-order chi connectivity index (χ1) is 7.65. The van der Waals surface area contributed by atoms with Crippen LogP contribution in [0.25, 0.3) is 0 Å². The lowest BCUT2D eigenvalue weighted by molar-refractivity contribution is 0.480. The molecule has 0 heterocycles. The van der Waals surface area contributed by atoms with Crippen LogP contribution in [0.15, 0.2) is 18.2 Å². The molecular formula is C15H23P. The summed E-state index contributed by atoms with van der Waals surface area (Å²) in [6, 6.07) is 6.79. The predicted molar refractivity (Wildman–Crippen MR) is 75.3 cm³/mol. The van der Waals surface area contributed by atoms with Gasteiger partial charge in [-0.3, -0.25) is 0 Å². The van der Waals surface area contributed by atoms with Gasteiger partial charge in [0.05, 0.1) is 0 Å². The second-order valence-corrected chi connectivity index (χ2v) is 6.18. The van der Waals surface area contributed by atoms with Gasteiger partial charge in [-0.15, -0.1) is 9.24 Å². The molecule has 1 saturated carbocycles. The van der Waals surface area contributed by atoms with Crippen LogP contribution >= 0.6 is 9.24 Å². The van der Waals surface area contributed by atoms with Crippen LogP contribution in [0.1, 0.15) is 43.7 Å². The molecule has 0 spiro atoms. The van der Waals surface area contributed by atoms with E-state index >= 15 is 0 Å². The molecule has 1 heteroatoms.